The number of hydrogen-bond acceptors (Lipinski definition) is 0. The molecular weight excluding hydrogens is 120 g/mol. The van der Waals surface area contributed by atoms with Crippen LogP contribution in [0.4, 0.5) is 0 Å². The molecule has 0 saturated heterocycles. The van der Waals surface area contributed by atoms with Crippen LogP contribution >= 0.6 is 0 Å². The summed E-state index contributed by atoms with van der Waals surface area (Å²) >= 11 is 0. The Bertz CT molecular complexity index is 58.1. The van der Waals surface area contributed by atoms with E-state index in [2.05, 4.69) is 13.2 Å². The fraction of sp³-hybridized carbons (Fsp3) is 0.400. The van der Waals surface area contributed by atoms with E-state index in [1.54, 1.807) is 12.2 Å². The van der Waals surface area contributed by atoms with E-state index in [1.165, 1.54) is 0 Å². The first-order valence-electron chi connectivity index (χ1n) is 3.46. The van der Waals surface area contributed by atoms with Gasteiger partial charge in [0.1, 0.15) is 0 Å². The predicted molar refractivity (Wildman–Crippen MR) is 52.2 cm³/mol. The third kappa shape index (κ3) is 5770. The van der Waals surface area contributed by atoms with E-state index >= 15 is 0 Å². The van der Waals surface area contributed by atoms with Crippen molar-refractivity contribution in [3.05, 3.63) is 37.5 Å². The van der Waals surface area contributed by atoms with Gasteiger partial charge >= 0.3 is 0 Å². The Morgan fingerprint density at radius 3 is 0.800 bits per heavy atom. The van der Waals surface area contributed by atoms with Gasteiger partial charge in [-0.3, -0.25) is 0 Å². The molecule has 0 bridgehead atoms. The van der Waals surface area contributed by atoms with Gasteiger partial charge in [-0.25, -0.2) is 0 Å². The largest absolute Gasteiger partial charge is 0.103 e. The minimum atomic E-state index is 1.75. The molecule has 60 valence electrons. The van der Waals surface area contributed by atoms with Gasteiger partial charge in [0.25, 0.3) is 0 Å². The van der Waals surface area contributed by atoms with E-state index < -0.39 is 0 Å². The van der Waals surface area contributed by atoms with Crippen LogP contribution in [0.15, 0.2) is 37.5 Å². The van der Waals surface area contributed by atoms with E-state index in [9.17, 15) is 0 Å². The maximum absolute atomic E-state index is 3.36. The Morgan fingerprint density at radius 2 is 0.800 bits per heavy atom. The van der Waals surface area contributed by atoms with Gasteiger partial charge < -0.3 is 0 Å². The van der Waals surface area contributed by atoms with E-state index in [-0.39, 0.29) is 0 Å². The molecule has 0 atom stereocenters. The molecule has 0 aliphatic carbocycles. The summed E-state index contributed by atoms with van der Waals surface area (Å²) in [4.78, 5) is 0. The van der Waals surface area contributed by atoms with Crippen molar-refractivity contribution in [2.45, 2.75) is 27.7 Å². The van der Waals surface area contributed by atoms with Crippen LogP contribution in [-0.4, -0.2) is 0 Å². The van der Waals surface area contributed by atoms with Crippen LogP contribution in [0.1, 0.15) is 27.7 Å². The highest BCUT2D eigenvalue weighted by Gasteiger charge is 1.34. The molecule has 0 aromatic rings. The highest BCUT2D eigenvalue weighted by atomic mass is 13.4. The first-order valence-corrected chi connectivity index (χ1v) is 3.46. The van der Waals surface area contributed by atoms with Crippen molar-refractivity contribution in [2.75, 3.05) is 0 Å². The first-order chi connectivity index (χ1) is 4.74. The Morgan fingerprint density at radius 1 is 0.700 bits per heavy atom. The highest BCUT2D eigenvalue weighted by molar-refractivity contribution is 4.68. The molecule has 0 aliphatic rings. The number of allylic oxidation sites excluding steroid dienone is 4. The van der Waals surface area contributed by atoms with E-state index in [0.29, 0.717) is 0 Å². The monoisotopic (exact) mass is 140 g/mol. The summed E-state index contributed by atoms with van der Waals surface area (Å²) < 4.78 is 0. The van der Waals surface area contributed by atoms with Crippen molar-refractivity contribution >= 4 is 0 Å². The quantitative estimate of drug-likeness (QED) is 0.447. The summed E-state index contributed by atoms with van der Waals surface area (Å²) in [6.45, 7) is 14.5. The van der Waals surface area contributed by atoms with Crippen LogP contribution in [0.2, 0.25) is 0 Å². The number of rotatable bonds is 0. The van der Waals surface area contributed by atoms with Crippen molar-refractivity contribution in [2.24, 2.45) is 0 Å². The van der Waals surface area contributed by atoms with Crippen LogP contribution < -0.4 is 0 Å². The van der Waals surface area contributed by atoms with Crippen molar-refractivity contribution < 1.29 is 0 Å². The maximum Gasteiger partial charge on any atom is -0.0470 e. The molecule has 0 radical (unpaired) electrons. The topological polar surface area (TPSA) is 0 Å². The van der Waals surface area contributed by atoms with Crippen LogP contribution in [-0.2, 0) is 0 Å². The van der Waals surface area contributed by atoms with E-state index in [1.807, 2.05) is 39.8 Å². The Labute approximate surface area is 66.0 Å². The predicted octanol–water partition coefficient (Wildman–Crippen LogP) is 3.97. The van der Waals surface area contributed by atoms with Crippen molar-refractivity contribution in [1.82, 2.24) is 0 Å². The molecule has 0 aliphatic heterocycles. The van der Waals surface area contributed by atoms with Gasteiger partial charge in [-0.1, -0.05) is 24.3 Å². The smallest absolute Gasteiger partial charge is 0.0470 e. The summed E-state index contributed by atoms with van der Waals surface area (Å²) in [6, 6.07) is 0. The minimum Gasteiger partial charge on any atom is -0.103 e. The lowest BCUT2D eigenvalue weighted by Gasteiger charge is -1.49. The molecular formula is C10H20. The second kappa shape index (κ2) is 41.3. The van der Waals surface area contributed by atoms with Crippen LogP contribution in [0.25, 0.3) is 0 Å². The van der Waals surface area contributed by atoms with Gasteiger partial charge in [-0.2, -0.15) is 0 Å². The zero-order chi connectivity index (χ0) is 8.83. The summed E-state index contributed by atoms with van der Waals surface area (Å²) in [5.41, 5.74) is 0. The summed E-state index contributed by atoms with van der Waals surface area (Å²) in [6.07, 6.45) is 7.50. The standard InChI is InChI=1S/C4H8.2C3H6/c1-3-4-2;2*1-3-2/h3-4H,1-2H3;2*3H,1H2,2H3. The third-order valence-corrected chi connectivity index (χ3v) is 0.333. The molecule has 0 saturated carbocycles. The van der Waals surface area contributed by atoms with Crippen molar-refractivity contribution in [3.8, 4) is 0 Å². The normalized spacial score (nSPS) is 6.40. The third-order valence-electron chi connectivity index (χ3n) is 0.333. The fourth-order valence-electron chi connectivity index (χ4n) is 0. The SMILES string of the molecule is C=CC.C=CC.CC=CC. The van der Waals surface area contributed by atoms with Crippen molar-refractivity contribution in [1.29, 1.82) is 0 Å². The molecule has 0 rings (SSSR count). The van der Waals surface area contributed by atoms with Crippen LogP contribution in [0.5, 0.6) is 0 Å². The summed E-state index contributed by atoms with van der Waals surface area (Å²) in [5.74, 6) is 0. The molecule has 0 aromatic heterocycles. The second-order valence-electron chi connectivity index (χ2n) is 1.48. The summed E-state index contributed by atoms with van der Waals surface area (Å²) in [7, 11) is 0. The van der Waals surface area contributed by atoms with Gasteiger partial charge in [-0.15, -0.1) is 13.2 Å². The fourth-order valence-corrected chi connectivity index (χ4v) is 0. The van der Waals surface area contributed by atoms with Crippen LogP contribution in [0.3, 0.4) is 0 Å². The minimum absolute atomic E-state index is 1.75. The van der Waals surface area contributed by atoms with Crippen LogP contribution in [0, 0.1) is 0 Å². The van der Waals surface area contributed by atoms with Crippen molar-refractivity contribution in [3.63, 3.8) is 0 Å². The molecule has 0 unspecified atom stereocenters. The zero-order valence-corrected chi connectivity index (χ0v) is 7.72. The molecule has 0 fully saturated rings. The molecule has 0 heterocycles. The Hall–Kier alpha value is -0.780. The van der Waals surface area contributed by atoms with Gasteiger partial charge in [0.2, 0.25) is 0 Å². The Kier molecular flexibility index (Phi) is 66.5. The molecule has 0 nitrogen and oxygen atoms in total. The molecule has 0 aromatic carbocycles. The number of hydrogen-bond donors (Lipinski definition) is 0. The maximum atomic E-state index is 3.36. The van der Waals surface area contributed by atoms with Gasteiger partial charge in [0.05, 0.1) is 0 Å². The molecule has 10 heavy (non-hydrogen) atoms. The van der Waals surface area contributed by atoms with Gasteiger partial charge in [0.15, 0.2) is 0 Å². The van der Waals surface area contributed by atoms with E-state index in [0.717, 1.165) is 0 Å². The van der Waals surface area contributed by atoms with Gasteiger partial charge in [0, 0.05) is 0 Å². The zero-order valence-electron chi connectivity index (χ0n) is 7.72. The Balaban J connectivity index is -0.0000000750. The average molecular weight is 140 g/mol. The van der Waals surface area contributed by atoms with Gasteiger partial charge in [-0.05, 0) is 27.7 Å². The van der Waals surface area contributed by atoms with E-state index in [4.69, 9.17) is 0 Å². The lowest BCUT2D eigenvalue weighted by Crippen LogP contribution is -1.26. The molecule has 0 amide bonds. The first kappa shape index (κ1) is 16.1. The molecule has 0 spiro atoms. The summed E-state index contributed by atoms with van der Waals surface area (Å²) in [5, 5.41) is 0. The molecule has 0 N–H and O–H groups in total. The highest BCUT2D eigenvalue weighted by Crippen LogP contribution is 1.57. The average Bonchev–Trinajstić information content (AvgIpc) is 1.91. The second-order valence-corrected chi connectivity index (χ2v) is 1.48. The lowest BCUT2D eigenvalue weighted by molar-refractivity contribution is 1.64. The lowest BCUT2D eigenvalue weighted by atomic mass is 10.6. The molecule has 0 heteroatoms.